The zero-order valence-corrected chi connectivity index (χ0v) is 9.97. The van der Waals surface area contributed by atoms with Crippen LogP contribution in [-0.2, 0) is 4.74 Å². The van der Waals surface area contributed by atoms with Gasteiger partial charge in [0, 0.05) is 5.75 Å². The molecule has 92 valence electrons. The van der Waals surface area contributed by atoms with Gasteiger partial charge in [-0.05, 0) is 12.1 Å². The highest BCUT2D eigenvalue weighted by molar-refractivity contribution is 8.00. The highest BCUT2D eigenvalue weighted by atomic mass is 32.2. The van der Waals surface area contributed by atoms with Crippen LogP contribution in [0.15, 0.2) is 30.3 Å². The van der Waals surface area contributed by atoms with Crippen molar-refractivity contribution in [1.29, 1.82) is 0 Å². The Bertz CT molecular complexity index is 381. The van der Waals surface area contributed by atoms with Crippen molar-refractivity contribution in [2.24, 2.45) is 0 Å². The van der Waals surface area contributed by atoms with Crippen LogP contribution in [0.3, 0.4) is 0 Å². The van der Waals surface area contributed by atoms with Gasteiger partial charge in [-0.2, -0.15) is 0 Å². The molecule has 0 aliphatic carbocycles. The van der Waals surface area contributed by atoms with Crippen molar-refractivity contribution in [2.75, 3.05) is 12.4 Å². The Hall–Kier alpha value is -1.04. The maximum atomic E-state index is 11.8. The lowest BCUT2D eigenvalue weighted by Crippen LogP contribution is -2.36. The van der Waals surface area contributed by atoms with E-state index in [9.17, 15) is 9.90 Å². The van der Waals surface area contributed by atoms with Gasteiger partial charge in [0.15, 0.2) is 0 Å². The van der Waals surface area contributed by atoms with Crippen molar-refractivity contribution in [2.45, 2.75) is 17.5 Å². The van der Waals surface area contributed by atoms with E-state index < -0.39 is 18.2 Å². The van der Waals surface area contributed by atoms with Gasteiger partial charge >= 0.3 is 5.97 Å². The minimum absolute atomic E-state index is 0.103. The van der Waals surface area contributed by atoms with Crippen LogP contribution in [-0.4, -0.2) is 46.0 Å². The number of hydrogen-bond acceptors (Lipinski definition) is 5. The second-order valence-corrected chi connectivity index (χ2v) is 5.13. The third kappa shape index (κ3) is 2.80. The molecule has 2 N–H and O–H groups in total. The fraction of sp³-hybridized carbons (Fsp3) is 0.417. The van der Waals surface area contributed by atoms with Crippen LogP contribution in [0.2, 0.25) is 0 Å². The summed E-state index contributed by atoms with van der Waals surface area (Å²) in [5.74, 6) is 0.0217. The van der Waals surface area contributed by atoms with Gasteiger partial charge < -0.3 is 14.9 Å². The first kappa shape index (κ1) is 12.4. The second-order valence-electron chi connectivity index (χ2n) is 3.86. The SMILES string of the molecule is O=C(O[C@H]1[C@H](O)CS[C@@H]1CO)c1ccccc1. The Kier molecular flexibility index (Phi) is 4.04. The van der Waals surface area contributed by atoms with Crippen molar-refractivity contribution in [3.8, 4) is 0 Å². The van der Waals surface area contributed by atoms with Crippen LogP contribution in [0.4, 0.5) is 0 Å². The van der Waals surface area contributed by atoms with Crippen LogP contribution in [0, 0.1) is 0 Å². The average Bonchev–Trinajstić information content (AvgIpc) is 2.71. The van der Waals surface area contributed by atoms with E-state index in [1.54, 1.807) is 24.3 Å². The molecule has 0 radical (unpaired) electrons. The molecule has 0 unspecified atom stereocenters. The van der Waals surface area contributed by atoms with Crippen molar-refractivity contribution in [3.05, 3.63) is 35.9 Å². The van der Waals surface area contributed by atoms with Gasteiger partial charge in [0.1, 0.15) is 12.2 Å². The summed E-state index contributed by atoms with van der Waals surface area (Å²) in [6, 6.07) is 8.63. The fourth-order valence-electron chi connectivity index (χ4n) is 1.74. The lowest BCUT2D eigenvalue weighted by Gasteiger charge is -2.19. The molecule has 0 amide bonds. The number of carbonyl (C=O) groups is 1. The molecule has 5 heteroatoms. The fourth-order valence-corrected chi connectivity index (χ4v) is 2.90. The van der Waals surface area contributed by atoms with Crippen LogP contribution in [0.5, 0.6) is 0 Å². The molecule has 1 aliphatic heterocycles. The van der Waals surface area contributed by atoms with Gasteiger partial charge in [-0.1, -0.05) is 18.2 Å². The number of benzene rings is 1. The molecule has 1 saturated heterocycles. The summed E-state index contributed by atoms with van der Waals surface area (Å²) in [6.45, 7) is -0.103. The second kappa shape index (κ2) is 5.53. The molecule has 3 atom stereocenters. The zero-order chi connectivity index (χ0) is 12.3. The Morgan fingerprint density at radius 1 is 1.41 bits per heavy atom. The Morgan fingerprint density at radius 2 is 2.12 bits per heavy atom. The first-order valence-electron chi connectivity index (χ1n) is 5.39. The summed E-state index contributed by atoms with van der Waals surface area (Å²) < 4.78 is 5.24. The van der Waals surface area contributed by atoms with Crippen molar-refractivity contribution in [3.63, 3.8) is 0 Å². The van der Waals surface area contributed by atoms with E-state index in [0.29, 0.717) is 11.3 Å². The Labute approximate surface area is 104 Å². The third-order valence-corrected chi connectivity index (χ3v) is 4.04. The quantitative estimate of drug-likeness (QED) is 0.776. The molecule has 1 fully saturated rings. The van der Waals surface area contributed by atoms with Crippen LogP contribution < -0.4 is 0 Å². The molecule has 0 aromatic heterocycles. The molecule has 0 saturated carbocycles. The van der Waals surface area contributed by atoms with Crippen molar-refractivity contribution < 1.29 is 19.7 Å². The van der Waals surface area contributed by atoms with Gasteiger partial charge in [-0.25, -0.2) is 4.79 Å². The molecule has 4 nitrogen and oxygen atoms in total. The molecule has 1 aliphatic rings. The lowest BCUT2D eigenvalue weighted by atomic mass is 10.1. The van der Waals surface area contributed by atoms with Crippen molar-refractivity contribution >= 4 is 17.7 Å². The summed E-state index contributed by atoms with van der Waals surface area (Å²) in [7, 11) is 0. The van der Waals surface area contributed by atoms with Gasteiger partial charge in [0.2, 0.25) is 0 Å². The molecule has 1 aromatic carbocycles. The standard InChI is InChI=1S/C12H14O4S/c13-6-10-11(9(14)7-17-10)16-12(15)8-4-2-1-3-5-8/h1-5,9-11,13-14H,6-7H2/t9-,10-,11+/m1/s1. The largest absolute Gasteiger partial charge is 0.455 e. The number of aliphatic hydroxyl groups is 2. The maximum Gasteiger partial charge on any atom is 0.338 e. The highest BCUT2D eigenvalue weighted by Gasteiger charge is 2.38. The predicted molar refractivity (Wildman–Crippen MR) is 65.0 cm³/mol. The molecule has 1 aromatic rings. The monoisotopic (exact) mass is 254 g/mol. The summed E-state index contributed by atoms with van der Waals surface area (Å²) in [6.07, 6.45) is -1.33. The van der Waals surface area contributed by atoms with E-state index in [1.807, 2.05) is 6.07 Å². The average molecular weight is 254 g/mol. The summed E-state index contributed by atoms with van der Waals surface area (Å²) >= 11 is 1.42. The number of carbonyl (C=O) groups excluding carboxylic acids is 1. The number of rotatable bonds is 3. The summed E-state index contributed by atoms with van der Waals surface area (Å²) in [4.78, 5) is 11.8. The van der Waals surface area contributed by atoms with E-state index in [0.717, 1.165) is 0 Å². The predicted octanol–water partition coefficient (Wildman–Crippen LogP) is 0.681. The number of esters is 1. The van der Waals surface area contributed by atoms with Crippen LogP contribution >= 0.6 is 11.8 Å². The Morgan fingerprint density at radius 3 is 2.76 bits per heavy atom. The van der Waals surface area contributed by atoms with Crippen LogP contribution in [0.25, 0.3) is 0 Å². The molecule has 2 rings (SSSR count). The molecule has 17 heavy (non-hydrogen) atoms. The normalized spacial score (nSPS) is 28.0. The summed E-state index contributed by atoms with van der Waals surface area (Å²) in [5, 5.41) is 18.6. The highest BCUT2D eigenvalue weighted by Crippen LogP contribution is 2.29. The van der Waals surface area contributed by atoms with E-state index in [4.69, 9.17) is 9.84 Å². The molecule has 0 bridgehead atoms. The summed E-state index contributed by atoms with van der Waals surface area (Å²) in [5.41, 5.74) is 0.452. The third-order valence-electron chi connectivity index (χ3n) is 2.66. The Balaban J connectivity index is 2.03. The molecular weight excluding hydrogens is 240 g/mol. The van der Waals surface area contributed by atoms with Crippen molar-refractivity contribution in [1.82, 2.24) is 0 Å². The number of thioether (sulfide) groups is 1. The van der Waals surface area contributed by atoms with Gasteiger partial charge in [-0.15, -0.1) is 11.8 Å². The van der Waals surface area contributed by atoms with Gasteiger partial charge in [0.25, 0.3) is 0 Å². The van der Waals surface area contributed by atoms with Gasteiger partial charge in [0.05, 0.1) is 17.4 Å². The number of ether oxygens (including phenoxy) is 1. The first-order valence-corrected chi connectivity index (χ1v) is 6.44. The smallest absolute Gasteiger partial charge is 0.338 e. The van der Waals surface area contributed by atoms with E-state index in [1.165, 1.54) is 11.8 Å². The van der Waals surface area contributed by atoms with E-state index in [-0.39, 0.29) is 11.9 Å². The van der Waals surface area contributed by atoms with E-state index >= 15 is 0 Å². The van der Waals surface area contributed by atoms with Crippen LogP contribution in [0.1, 0.15) is 10.4 Å². The van der Waals surface area contributed by atoms with E-state index in [2.05, 4.69) is 0 Å². The maximum absolute atomic E-state index is 11.8. The number of aliphatic hydroxyl groups excluding tert-OH is 2. The first-order chi connectivity index (χ1) is 8.22. The number of hydrogen-bond donors (Lipinski definition) is 2. The minimum Gasteiger partial charge on any atom is -0.455 e. The molecule has 1 heterocycles. The molecular formula is C12H14O4S. The topological polar surface area (TPSA) is 66.8 Å². The molecule has 0 spiro atoms. The lowest BCUT2D eigenvalue weighted by molar-refractivity contribution is -0.0110. The minimum atomic E-state index is -0.704. The van der Waals surface area contributed by atoms with Gasteiger partial charge in [-0.3, -0.25) is 0 Å². The zero-order valence-electron chi connectivity index (χ0n) is 9.15.